The van der Waals surface area contributed by atoms with Gasteiger partial charge in [-0.1, -0.05) is 111 Å². The zero-order chi connectivity index (χ0) is 84.6. The molecule has 0 bridgehead atoms. The fourth-order valence-electron chi connectivity index (χ4n) is 13.1. The third-order valence-electron chi connectivity index (χ3n) is 19.5. The second kappa shape index (κ2) is 48.6. The normalized spacial score (nSPS) is 15.3. The molecule has 0 spiro atoms. The quantitative estimate of drug-likeness (QED) is 0.00510. The number of nitrogens with zero attached hydrogens (tertiary/aromatic N) is 1. The number of carboxylic acid groups (broad SMARTS) is 1. The van der Waals surface area contributed by atoms with E-state index in [0.29, 0.717) is 46.6 Å². The lowest BCUT2D eigenvalue weighted by atomic mass is 9.94. The van der Waals surface area contributed by atoms with Crippen molar-refractivity contribution >= 4 is 106 Å². The van der Waals surface area contributed by atoms with E-state index in [1.807, 2.05) is 12.1 Å². The first kappa shape index (κ1) is 92.4. The Balaban J connectivity index is 1.30. The number of aliphatic carboxylic acids is 1. The third kappa shape index (κ3) is 31.5. The van der Waals surface area contributed by atoms with Crippen LogP contribution < -0.4 is 97.8 Å². The number of aldehydes is 2. The molecule has 1 fully saturated rings. The number of hydrazine groups is 2. The van der Waals surface area contributed by atoms with E-state index in [1.165, 1.54) is 29.2 Å². The van der Waals surface area contributed by atoms with Gasteiger partial charge >= 0.3 is 5.97 Å². The Morgan fingerprint density at radius 3 is 1.45 bits per heavy atom. The Morgan fingerprint density at radius 1 is 0.500 bits per heavy atom. The number of nitrogens with one attached hydrogen (secondary N) is 19. The number of likely N-dealkylation sites (tertiary alicyclic amines) is 1. The molecule has 1 aliphatic heterocycles. The molecule has 7 amide bonds. The molecule has 628 valence electrons. The van der Waals surface area contributed by atoms with Crippen molar-refractivity contribution in [3.05, 3.63) is 138 Å². The number of H-pyrrole nitrogens is 1. The van der Waals surface area contributed by atoms with Crippen molar-refractivity contribution in [3.63, 3.8) is 0 Å². The summed E-state index contributed by atoms with van der Waals surface area (Å²) in [5.41, 5.74) is 36.7. The zero-order valence-electron chi connectivity index (χ0n) is 65.2. The molecule has 0 aliphatic carbocycles. The van der Waals surface area contributed by atoms with Gasteiger partial charge in [0.05, 0.1) is 24.2 Å². The summed E-state index contributed by atoms with van der Waals surface area (Å²) in [6.45, 7) is 3.93. The van der Waals surface area contributed by atoms with E-state index < -0.39 is 138 Å². The van der Waals surface area contributed by atoms with Crippen molar-refractivity contribution in [3.8, 4) is 5.75 Å². The summed E-state index contributed by atoms with van der Waals surface area (Å²) in [7, 11) is 0. The molecule has 5 aromatic rings. The summed E-state index contributed by atoms with van der Waals surface area (Å²) >= 11 is 0. The lowest BCUT2D eigenvalue weighted by molar-refractivity contribution is -0.143. The molecule has 1 aromatic heterocycles. The fraction of sp³-hybridized carbons (Fsp3) is 0.462. The van der Waals surface area contributed by atoms with Gasteiger partial charge in [0.25, 0.3) is 0 Å². The number of phenolic OH excluding ortho intramolecular Hbond substituents is 1. The number of Topliss-reactive ketones (excluding diaryl/α,β-unsaturated/α-hetero) is 2. The van der Waals surface area contributed by atoms with Gasteiger partial charge in [-0.25, -0.2) is 21.7 Å². The molecule has 38 heteroatoms. The van der Waals surface area contributed by atoms with Gasteiger partial charge in [-0.2, -0.15) is 0 Å². The molecule has 4 aromatic carbocycles. The lowest BCUT2D eigenvalue weighted by Crippen LogP contribution is -2.62. The minimum Gasteiger partial charge on any atom is -0.508 e. The highest BCUT2D eigenvalue weighted by Gasteiger charge is 2.42. The van der Waals surface area contributed by atoms with Gasteiger partial charge < -0.3 is 106 Å². The van der Waals surface area contributed by atoms with Crippen LogP contribution in [0.3, 0.4) is 0 Å². The van der Waals surface area contributed by atoms with Gasteiger partial charge in [0.1, 0.15) is 60.6 Å². The molecule has 2 heterocycles. The SMILES string of the molecule is CC[C@H](C)[C@H](NC(=O)[C@H](CCCNC(=N)N)NN[C@@H](CCCNC(=N)N)C(=O)N[C@H](C=O)CCC(=O)O)C(=O)N[C@@H](Cc1c[nH]c2ccccc12)C(=O)N[C@@H](Cc1ccccc1)C(=O)N1CCC[C@H]1C(=O)N[C@@H](Cc1ccc(O)cc1)C(=O)C(=O)[C@H](CCCNC(=N)N)NN[C@@H](CCCNC(=N)N)C(=O)N[C@H](C=O)Cc1ccccc1. The predicted molar refractivity (Wildman–Crippen MR) is 433 cm³/mol. The molecule has 6 rings (SSSR count). The topological polar surface area (TPSA) is 632 Å². The number of rotatable bonds is 53. The number of hydrogen-bond acceptors (Lipinski definition) is 21. The fourth-order valence-corrected chi connectivity index (χ4v) is 13.1. The van der Waals surface area contributed by atoms with Crippen LogP contribution in [0.2, 0.25) is 0 Å². The van der Waals surface area contributed by atoms with Crippen LogP contribution in [0.1, 0.15) is 120 Å². The standard InChI is InChI=1S/C78H112N24O14/c1-3-46(2)65(97-70(112)59(26-15-37-90-78(85)86)101-100-57(24-13-35-88-76(81)82)68(110)92-51(44-103)30-33-64(106)107)73(115)95-61(42-50-43-91-55-22-11-10-21-54(50)55)71(113)96-62(41-48-19-8-5-9-20-48)74(116)102-38-16-27-63(102)72(114)94-60(40-49-28-31-53(105)32-29-49)67(109)66(108)56(23-12-34-87-75(79)80)98-99-58(25-14-36-89-77(83)84)69(111)93-52(45-104)39-47-17-6-4-7-18-47/h4-11,17-22,28-29,31-32,43-46,51-52,56-63,65,91,98-101,105H,3,12-16,23-27,30,33-42H2,1-2H3,(H,92,110)(H,93,111)(H,94,114)(H,95,115)(H,96,113)(H,97,112)(H,106,107)(H4,79,80,87)(H4,81,82,88)(H4,83,84,89)(H4,85,86,90)/t46-,51-,52-,56-,57-,58-,59-,60-,61-,62-,63-,65-/m0/s1. The number of para-hydroxylation sites is 1. The molecule has 0 saturated carbocycles. The molecule has 29 N–H and O–H groups in total. The van der Waals surface area contributed by atoms with E-state index in [-0.39, 0.29) is 159 Å². The van der Waals surface area contributed by atoms with Crippen LogP contribution in [0.4, 0.5) is 0 Å². The van der Waals surface area contributed by atoms with Crippen LogP contribution in [0.5, 0.6) is 5.75 Å². The Kier molecular flexibility index (Phi) is 38.7. The maximum Gasteiger partial charge on any atom is 0.303 e. The lowest BCUT2D eigenvalue weighted by Gasteiger charge is -2.32. The van der Waals surface area contributed by atoms with E-state index in [4.69, 9.17) is 44.6 Å². The van der Waals surface area contributed by atoms with E-state index in [2.05, 4.69) is 79.9 Å². The molecule has 0 radical (unpaired) electrons. The molecule has 38 nitrogen and oxygen atoms in total. The third-order valence-corrected chi connectivity index (χ3v) is 19.5. The molecule has 12 atom stereocenters. The highest BCUT2D eigenvalue weighted by Crippen LogP contribution is 2.24. The number of phenols is 1. The highest BCUT2D eigenvalue weighted by molar-refractivity contribution is 6.41. The minimum atomic E-state index is -1.64. The second-order valence-electron chi connectivity index (χ2n) is 28.4. The van der Waals surface area contributed by atoms with Gasteiger partial charge in [-0.15, -0.1) is 0 Å². The van der Waals surface area contributed by atoms with E-state index in [0.717, 1.165) is 5.56 Å². The van der Waals surface area contributed by atoms with Crippen molar-refractivity contribution in [2.75, 3.05) is 32.7 Å². The summed E-state index contributed by atoms with van der Waals surface area (Å²) in [6.07, 6.45) is 2.83. The van der Waals surface area contributed by atoms with Crippen molar-refractivity contribution in [1.82, 2.24) is 84.8 Å². The number of aromatic hydroxyl groups is 1. The van der Waals surface area contributed by atoms with Crippen LogP contribution in [0.25, 0.3) is 10.9 Å². The Hall–Kier alpha value is -12.4. The summed E-state index contributed by atoms with van der Waals surface area (Å²) in [5.74, 6) is -10.9. The highest BCUT2D eigenvalue weighted by atomic mass is 16.4. The number of amides is 7. The van der Waals surface area contributed by atoms with Gasteiger partial charge in [-0.05, 0) is 123 Å². The number of nitrogens with two attached hydrogens (primary N) is 4. The van der Waals surface area contributed by atoms with Crippen molar-refractivity contribution < 1.29 is 67.7 Å². The molecular formula is C78H112N24O14. The molecule has 116 heavy (non-hydrogen) atoms. The average Bonchev–Trinajstić information content (AvgIpc) is 1.62. The van der Waals surface area contributed by atoms with Gasteiger partial charge in [0.15, 0.2) is 23.8 Å². The van der Waals surface area contributed by atoms with E-state index in [1.54, 1.807) is 92.8 Å². The number of guanidine groups is 4. The maximum atomic E-state index is 15.6. The largest absolute Gasteiger partial charge is 0.508 e. The number of benzene rings is 4. The minimum absolute atomic E-state index is 0.0127. The smallest absolute Gasteiger partial charge is 0.303 e. The number of carbonyl (C=O) groups is 12. The Bertz CT molecular complexity index is 4140. The van der Waals surface area contributed by atoms with Crippen molar-refractivity contribution in [2.24, 2.45) is 28.9 Å². The zero-order valence-corrected chi connectivity index (χ0v) is 65.2. The summed E-state index contributed by atoms with van der Waals surface area (Å²) in [5, 5.41) is 78.3. The van der Waals surface area contributed by atoms with Gasteiger partial charge in [0, 0.05) is 75.5 Å². The monoisotopic (exact) mass is 1610 g/mol. The molecule has 0 unspecified atom stereocenters. The van der Waals surface area contributed by atoms with E-state index >= 15 is 24.0 Å². The van der Waals surface area contributed by atoms with Crippen LogP contribution in [-0.2, 0) is 83.2 Å². The van der Waals surface area contributed by atoms with Crippen LogP contribution in [-0.4, -0.2) is 215 Å². The second-order valence-corrected chi connectivity index (χ2v) is 28.4. The van der Waals surface area contributed by atoms with Crippen LogP contribution in [0.15, 0.2) is 115 Å². The number of ketones is 2. The summed E-state index contributed by atoms with van der Waals surface area (Å²) in [4.78, 5) is 175. The number of aromatic amines is 1. The van der Waals surface area contributed by atoms with Crippen LogP contribution >= 0.6 is 0 Å². The molecular weight excluding hydrogens is 1500 g/mol. The Morgan fingerprint density at radius 2 is 0.940 bits per heavy atom. The maximum absolute atomic E-state index is 15.6. The number of fused-ring (bicyclic) bond motifs is 1. The van der Waals surface area contributed by atoms with Crippen molar-refractivity contribution in [1.29, 1.82) is 21.6 Å². The average molecular weight is 1610 g/mol. The van der Waals surface area contributed by atoms with E-state index in [9.17, 15) is 43.8 Å². The first-order valence-electron chi connectivity index (χ1n) is 38.7. The van der Waals surface area contributed by atoms with Crippen molar-refractivity contribution in [2.45, 2.75) is 189 Å². The predicted octanol–water partition coefficient (Wildman–Crippen LogP) is -1.79. The van der Waals surface area contributed by atoms with Gasteiger partial charge in [-0.3, -0.25) is 69.6 Å². The number of hydrogen-bond donors (Lipinski definition) is 25. The summed E-state index contributed by atoms with van der Waals surface area (Å²) < 4.78 is 0. The first-order chi connectivity index (χ1) is 55.6. The first-order valence-corrected chi connectivity index (χ1v) is 38.7. The Labute approximate surface area is 671 Å². The van der Waals surface area contributed by atoms with Gasteiger partial charge in [0.2, 0.25) is 52.9 Å². The number of carbonyl (C=O) groups excluding carboxylic acids is 11. The number of aromatic nitrogens is 1. The number of carboxylic acids is 1. The molecule has 1 aliphatic rings. The molecule has 1 saturated heterocycles. The van der Waals surface area contributed by atoms with Crippen LogP contribution in [0, 0.1) is 27.6 Å². The summed E-state index contributed by atoms with van der Waals surface area (Å²) in [6, 6.07) is 16.0.